The average molecular weight is 689 g/mol. The van der Waals surface area contributed by atoms with Crippen LogP contribution in [0.1, 0.15) is 72.6 Å². The van der Waals surface area contributed by atoms with E-state index in [9.17, 15) is 18.3 Å². The molecular weight excluding hydrogens is 648 g/mol. The summed E-state index contributed by atoms with van der Waals surface area (Å²) < 4.78 is 35.1. The summed E-state index contributed by atoms with van der Waals surface area (Å²) in [4.78, 5) is 24.4. The Bertz CT molecular complexity index is 1910. The molecule has 0 saturated heterocycles. The third-order valence-electron chi connectivity index (χ3n) is 11.9. The maximum atomic E-state index is 13.6. The molecule has 6 atom stereocenters. The number of aromatic nitrogens is 2. The van der Waals surface area contributed by atoms with Crippen LogP contribution in [0.3, 0.4) is 0 Å². The third-order valence-corrected chi connectivity index (χ3v) is 14.4. The summed E-state index contributed by atoms with van der Waals surface area (Å²) in [5.41, 5.74) is 2.79. The highest BCUT2D eigenvalue weighted by Crippen LogP contribution is 2.53. The average Bonchev–Trinajstić information content (AvgIpc) is 3.75. The minimum absolute atomic E-state index is 0.0431. The van der Waals surface area contributed by atoms with Crippen LogP contribution in [0, 0.1) is 17.8 Å². The molecular formula is C37H41ClN4O5S. The van der Waals surface area contributed by atoms with Gasteiger partial charge in [0.05, 0.1) is 22.6 Å². The number of hydrogen-bond acceptors (Lipinski definition) is 8. The van der Waals surface area contributed by atoms with Crippen molar-refractivity contribution in [3.63, 3.8) is 0 Å². The lowest BCUT2D eigenvalue weighted by Crippen LogP contribution is -2.53. The summed E-state index contributed by atoms with van der Waals surface area (Å²) in [6.45, 7) is 3.47. The topological polar surface area (TPSA) is 122 Å². The van der Waals surface area contributed by atoms with Crippen LogP contribution < -0.4 is 14.4 Å². The van der Waals surface area contributed by atoms with E-state index >= 15 is 0 Å². The lowest BCUT2D eigenvalue weighted by molar-refractivity contribution is -0.0452. The van der Waals surface area contributed by atoms with Gasteiger partial charge in [0.2, 0.25) is 10.0 Å². The maximum absolute atomic E-state index is 13.6. The van der Waals surface area contributed by atoms with E-state index in [-0.39, 0.29) is 28.7 Å². The van der Waals surface area contributed by atoms with E-state index in [4.69, 9.17) is 16.3 Å². The number of rotatable bonds is 2. The minimum atomic E-state index is -3.97. The number of benzene rings is 2. The molecule has 11 heteroatoms. The summed E-state index contributed by atoms with van der Waals surface area (Å²) in [6.07, 6.45) is 13.0. The van der Waals surface area contributed by atoms with Gasteiger partial charge < -0.3 is 14.7 Å². The molecule has 2 aromatic carbocycles. The second-order valence-electron chi connectivity index (χ2n) is 14.9. The molecule has 3 aliphatic carbocycles. The van der Waals surface area contributed by atoms with Crippen molar-refractivity contribution in [3.8, 4) is 5.75 Å². The molecule has 2 bridgehead atoms. The summed E-state index contributed by atoms with van der Waals surface area (Å²) in [6, 6.07) is 13.2. The molecule has 8 rings (SSSR count). The van der Waals surface area contributed by atoms with Crippen LogP contribution >= 0.6 is 11.6 Å². The van der Waals surface area contributed by atoms with Gasteiger partial charge in [-0.05, 0) is 117 Å². The Balaban J connectivity index is 1.22. The van der Waals surface area contributed by atoms with Crippen molar-refractivity contribution in [1.82, 2.24) is 14.7 Å². The second kappa shape index (κ2) is 11.6. The van der Waals surface area contributed by atoms with Gasteiger partial charge in [0.1, 0.15) is 12.1 Å². The molecule has 48 heavy (non-hydrogen) atoms. The number of carbonyl (C=O) groups is 1. The first-order valence-electron chi connectivity index (χ1n) is 17.0. The molecule has 1 spiro atoms. The summed E-state index contributed by atoms with van der Waals surface area (Å²) >= 11 is 6.44. The Kier molecular flexibility index (Phi) is 7.65. The molecule has 1 aromatic heterocycles. The van der Waals surface area contributed by atoms with E-state index in [1.165, 1.54) is 17.5 Å². The quantitative estimate of drug-likeness (QED) is 0.344. The molecule has 252 valence electrons. The Hall–Kier alpha value is -3.47. The second-order valence-corrected chi connectivity index (χ2v) is 17.5. The molecule has 5 aliphatic rings. The number of hydrogen-bond donors (Lipinski definition) is 2. The predicted octanol–water partition coefficient (Wildman–Crippen LogP) is 5.40. The Morgan fingerprint density at radius 1 is 1.17 bits per heavy atom. The van der Waals surface area contributed by atoms with Gasteiger partial charge in [-0.15, -0.1) is 0 Å². The highest BCUT2D eigenvalue weighted by atomic mass is 35.5. The van der Waals surface area contributed by atoms with Gasteiger partial charge in [0, 0.05) is 47.4 Å². The number of nitrogens with one attached hydrogen (secondary N) is 1. The van der Waals surface area contributed by atoms with Gasteiger partial charge in [-0.25, -0.2) is 23.1 Å². The monoisotopic (exact) mass is 688 g/mol. The van der Waals surface area contributed by atoms with Crippen LogP contribution in [0.2, 0.25) is 5.02 Å². The molecule has 3 aromatic rings. The zero-order valence-electron chi connectivity index (χ0n) is 27.1. The van der Waals surface area contributed by atoms with Crippen LogP contribution in [-0.2, 0) is 28.3 Å². The van der Waals surface area contributed by atoms with Gasteiger partial charge in [0.25, 0.3) is 5.91 Å². The van der Waals surface area contributed by atoms with Crippen molar-refractivity contribution < 1.29 is 23.1 Å². The van der Waals surface area contributed by atoms with Gasteiger partial charge in [0.15, 0.2) is 0 Å². The van der Waals surface area contributed by atoms with E-state index in [2.05, 4.69) is 31.7 Å². The van der Waals surface area contributed by atoms with Gasteiger partial charge in [-0.1, -0.05) is 29.8 Å². The van der Waals surface area contributed by atoms with Crippen molar-refractivity contribution in [2.24, 2.45) is 17.8 Å². The molecule has 9 nitrogen and oxygen atoms in total. The summed E-state index contributed by atoms with van der Waals surface area (Å²) in [5.74, 6) is -0.0136. The number of nitrogens with zero attached hydrogens (tertiary/aromatic N) is 3. The lowest BCUT2D eigenvalue weighted by atomic mass is 9.62. The molecule has 0 radical (unpaired) electrons. The molecule has 2 N–H and O–H groups in total. The number of aryl methyl sites for hydroxylation is 1. The number of carbonyl (C=O) groups excluding carboxylic acids is 1. The van der Waals surface area contributed by atoms with Crippen molar-refractivity contribution in [2.45, 2.75) is 74.1 Å². The highest BCUT2D eigenvalue weighted by Gasteiger charge is 2.60. The highest BCUT2D eigenvalue weighted by molar-refractivity contribution is 7.91. The largest absolute Gasteiger partial charge is 0.490 e. The van der Waals surface area contributed by atoms with Crippen molar-refractivity contribution in [3.05, 3.63) is 94.5 Å². The summed E-state index contributed by atoms with van der Waals surface area (Å²) in [5, 5.41) is 13.2. The number of amides is 1. The van der Waals surface area contributed by atoms with Gasteiger partial charge in [-0.3, -0.25) is 4.79 Å². The van der Waals surface area contributed by atoms with Crippen LogP contribution in [0.5, 0.6) is 5.75 Å². The van der Waals surface area contributed by atoms with Crippen LogP contribution in [0.4, 0.5) is 5.69 Å². The fourth-order valence-electron chi connectivity index (χ4n) is 8.84. The lowest BCUT2D eigenvalue weighted by Gasteiger charge is -2.49. The molecule has 0 unspecified atom stereocenters. The number of aliphatic hydroxyl groups is 1. The predicted molar refractivity (Wildman–Crippen MR) is 184 cm³/mol. The smallest absolute Gasteiger partial charge is 0.264 e. The normalized spacial score (nSPS) is 34.3. The van der Waals surface area contributed by atoms with Crippen molar-refractivity contribution in [2.75, 3.05) is 24.6 Å². The summed E-state index contributed by atoms with van der Waals surface area (Å²) in [7, 11) is -3.97. The number of ether oxygens (including phenoxy) is 1. The maximum Gasteiger partial charge on any atom is 0.264 e. The third kappa shape index (κ3) is 5.40. The molecule has 3 heterocycles. The number of fused-ring (bicyclic) bond motifs is 5. The molecule has 1 amide bonds. The zero-order chi connectivity index (χ0) is 33.3. The van der Waals surface area contributed by atoms with Crippen LogP contribution in [0.15, 0.2) is 67.1 Å². The van der Waals surface area contributed by atoms with E-state index in [0.717, 1.165) is 48.5 Å². The number of allylic oxidation sites excluding steroid dienone is 1. The van der Waals surface area contributed by atoms with E-state index in [1.54, 1.807) is 31.3 Å². The molecule has 2 aliphatic heterocycles. The van der Waals surface area contributed by atoms with E-state index in [0.29, 0.717) is 44.7 Å². The van der Waals surface area contributed by atoms with Crippen LogP contribution in [0.25, 0.3) is 0 Å². The Labute approximate surface area is 286 Å². The van der Waals surface area contributed by atoms with Gasteiger partial charge in [-0.2, -0.15) is 0 Å². The van der Waals surface area contributed by atoms with Gasteiger partial charge >= 0.3 is 0 Å². The molecule has 2 fully saturated rings. The molecule has 2 saturated carbocycles. The van der Waals surface area contributed by atoms with Crippen LogP contribution in [-0.4, -0.2) is 59.4 Å². The Morgan fingerprint density at radius 3 is 2.83 bits per heavy atom. The first-order chi connectivity index (χ1) is 23.0. The standard InChI is InChI=1S/C37H41ClN4O5S/c1-35-18-27(35)5-3-14-37(44,19-29-12-15-39-23-40-29)31-9-6-26(31)20-42-21-36(13-2-4-24-16-28(38)8-10-30(24)36)22-47-33-11-7-25(17-32(33)42)34(43)41-48(35,45)46/h3,7-8,10-12,14-17,23,26-27,31,44H,2,4-6,9,13,18-22H2,1H3,(H,41,43)/b14-3+/t26-,27+,31+,35+,36-,37-/m0/s1. The SMILES string of the molecule is C[C@@]12C[C@H]1C/C=C/[C@](O)(Cc1ccncn1)[C@@H]1CC[C@H]1CN1C[C@@]3(CCCc4cc(Cl)ccc43)COc3ccc(cc31)C(=O)NS2(=O)=O. The number of halogens is 1. The van der Waals surface area contributed by atoms with Crippen molar-refractivity contribution >= 4 is 33.2 Å². The minimum Gasteiger partial charge on any atom is -0.490 e. The first-order valence-corrected chi connectivity index (χ1v) is 18.9. The number of sulfonamides is 1. The zero-order valence-corrected chi connectivity index (χ0v) is 28.6. The first kappa shape index (κ1) is 31.8. The number of anilines is 1. The fraction of sp³-hybridized carbons (Fsp3) is 0.486. The van der Waals surface area contributed by atoms with E-state index < -0.39 is 26.3 Å². The fourth-order valence-corrected chi connectivity index (χ4v) is 10.6. The Morgan fingerprint density at radius 2 is 2.04 bits per heavy atom. The van der Waals surface area contributed by atoms with Crippen molar-refractivity contribution in [1.29, 1.82) is 0 Å². The van der Waals surface area contributed by atoms with E-state index in [1.807, 2.05) is 24.3 Å².